The van der Waals surface area contributed by atoms with E-state index in [4.69, 9.17) is 5.11 Å². The second-order valence-corrected chi connectivity index (χ2v) is 3.22. The maximum absolute atomic E-state index is 11.4. The van der Waals surface area contributed by atoms with E-state index in [9.17, 15) is 4.79 Å². The van der Waals surface area contributed by atoms with Gasteiger partial charge in [0.25, 0.3) is 0 Å². The molecule has 0 bridgehead atoms. The summed E-state index contributed by atoms with van der Waals surface area (Å²) < 4.78 is 0. The van der Waals surface area contributed by atoms with Crippen LogP contribution in [0.25, 0.3) is 0 Å². The predicted molar refractivity (Wildman–Crippen MR) is 48.9 cm³/mol. The molecule has 0 aromatic heterocycles. The van der Waals surface area contributed by atoms with E-state index in [0.717, 1.165) is 19.5 Å². The van der Waals surface area contributed by atoms with Gasteiger partial charge in [0.2, 0.25) is 5.91 Å². The van der Waals surface area contributed by atoms with Crippen LogP contribution in [-0.4, -0.2) is 60.8 Å². The minimum atomic E-state index is 0.0977. The summed E-state index contributed by atoms with van der Waals surface area (Å²) in [5.41, 5.74) is 3.00. The first-order valence-electron chi connectivity index (χ1n) is 4.57. The highest BCUT2D eigenvalue weighted by Crippen LogP contribution is 1.99. The SMILES string of the molecule is CN1CCCN(NCCO)CC1=O. The molecule has 0 aliphatic carbocycles. The number of carbonyl (C=O) groups excluding carboxylic acids is 1. The lowest BCUT2D eigenvalue weighted by atomic mass is 10.4. The van der Waals surface area contributed by atoms with E-state index in [-0.39, 0.29) is 12.5 Å². The number of carbonyl (C=O) groups is 1. The van der Waals surface area contributed by atoms with Crippen LogP contribution >= 0.6 is 0 Å². The number of nitrogens with zero attached hydrogens (tertiary/aromatic N) is 2. The van der Waals surface area contributed by atoms with Crippen LogP contribution in [0.1, 0.15) is 6.42 Å². The molecule has 0 aromatic carbocycles. The van der Waals surface area contributed by atoms with Gasteiger partial charge in [-0.15, -0.1) is 0 Å². The van der Waals surface area contributed by atoms with E-state index in [1.165, 1.54) is 0 Å². The van der Waals surface area contributed by atoms with Gasteiger partial charge in [0, 0.05) is 26.7 Å². The fourth-order valence-corrected chi connectivity index (χ4v) is 1.33. The average molecular weight is 187 g/mol. The number of aliphatic hydroxyl groups is 1. The van der Waals surface area contributed by atoms with Gasteiger partial charge in [0.15, 0.2) is 0 Å². The molecule has 1 amide bonds. The molecule has 1 aliphatic rings. The van der Waals surface area contributed by atoms with Crippen LogP contribution < -0.4 is 5.43 Å². The van der Waals surface area contributed by atoms with Crippen LogP contribution in [0.2, 0.25) is 0 Å². The van der Waals surface area contributed by atoms with Crippen molar-refractivity contribution < 1.29 is 9.90 Å². The molecule has 76 valence electrons. The van der Waals surface area contributed by atoms with Gasteiger partial charge in [0.05, 0.1) is 13.2 Å². The van der Waals surface area contributed by atoms with Crippen LogP contribution in [0.15, 0.2) is 0 Å². The molecule has 0 spiro atoms. The lowest BCUT2D eigenvalue weighted by Crippen LogP contribution is -2.43. The standard InChI is InChI=1S/C8H17N3O2/c1-10-4-2-5-11(7-8(10)13)9-3-6-12/h9,12H,2-7H2,1H3. The third-order valence-electron chi connectivity index (χ3n) is 2.12. The Labute approximate surface area is 78.3 Å². The Morgan fingerprint density at radius 1 is 1.54 bits per heavy atom. The largest absolute Gasteiger partial charge is 0.395 e. The van der Waals surface area contributed by atoms with Crippen LogP contribution in [0.3, 0.4) is 0 Å². The molecule has 1 saturated heterocycles. The van der Waals surface area contributed by atoms with Crippen LogP contribution in [0.4, 0.5) is 0 Å². The molecule has 1 aliphatic heterocycles. The summed E-state index contributed by atoms with van der Waals surface area (Å²) in [6.45, 7) is 2.68. The molecule has 0 radical (unpaired) electrons. The molecule has 0 aromatic rings. The Hall–Kier alpha value is -0.650. The highest BCUT2D eigenvalue weighted by molar-refractivity contribution is 5.78. The molecular formula is C8H17N3O2. The Bertz CT molecular complexity index is 173. The summed E-state index contributed by atoms with van der Waals surface area (Å²) in [4.78, 5) is 13.1. The van der Waals surface area contributed by atoms with Crippen molar-refractivity contribution >= 4 is 5.91 Å². The zero-order valence-electron chi connectivity index (χ0n) is 7.99. The number of hydrogen-bond donors (Lipinski definition) is 2. The number of hydrazine groups is 1. The fraction of sp³-hybridized carbons (Fsp3) is 0.875. The second-order valence-electron chi connectivity index (χ2n) is 3.22. The van der Waals surface area contributed by atoms with Crippen LogP contribution in [-0.2, 0) is 4.79 Å². The first-order valence-corrected chi connectivity index (χ1v) is 4.57. The molecule has 0 unspecified atom stereocenters. The number of nitrogens with one attached hydrogen (secondary N) is 1. The molecule has 0 atom stereocenters. The monoisotopic (exact) mass is 187 g/mol. The minimum absolute atomic E-state index is 0.0977. The maximum atomic E-state index is 11.4. The van der Waals surface area contributed by atoms with Gasteiger partial charge in [-0.2, -0.15) is 0 Å². The van der Waals surface area contributed by atoms with Crippen molar-refractivity contribution in [2.24, 2.45) is 0 Å². The second kappa shape index (κ2) is 5.16. The smallest absolute Gasteiger partial charge is 0.237 e. The van der Waals surface area contributed by atoms with E-state index < -0.39 is 0 Å². The summed E-state index contributed by atoms with van der Waals surface area (Å²) in [6.07, 6.45) is 0.973. The minimum Gasteiger partial charge on any atom is -0.395 e. The third-order valence-corrected chi connectivity index (χ3v) is 2.12. The van der Waals surface area contributed by atoms with E-state index in [0.29, 0.717) is 13.1 Å². The van der Waals surface area contributed by atoms with Crippen molar-refractivity contribution in [3.05, 3.63) is 0 Å². The molecular weight excluding hydrogens is 170 g/mol. The van der Waals surface area contributed by atoms with Crippen molar-refractivity contribution in [1.29, 1.82) is 0 Å². The molecule has 2 N–H and O–H groups in total. The Morgan fingerprint density at radius 3 is 3.00 bits per heavy atom. The summed E-state index contributed by atoms with van der Waals surface area (Å²) in [5.74, 6) is 0.128. The Balaban J connectivity index is 2.35. The van der Waals surface area contributed by atoms with Gasteiger partial charge in [0.1, 0.15) is 0 Å². The molecule has 1 heterocycles. The number of hydrogen-bond acceptors (Lipinski definition) is 4. The number of amides is 1. The van der Waals surface area contributed by atoms with Crippen molar-refractivity contribution in [3.8, 4) is 0 Å². The Morgan fingerprint density at radius 2 is 2.31 bits per heavy atom. The van der Waals surface area contributed by atoms with Gasteiger partial charge in [-0.1, -0.05) is 0 Å². The predicted octanol–water partition coefficient (Wildman–Crippen LogP) is -1.35. The topological polar surface area (TPSA) is 55.8 Å². The van der Waals surface area contributed by atoms with Gasteiger partial charge >= 0.3 is 0 Å². The normalized spacial score (nSPS) is 20.5. The van der Waals surface area contributed by atoms with E-state index >= 15 is 0 Å². The zero-order chi connectivity index (χ0) is 9.68. The van der Waals surface area contributed by atoms with Crippen molar-refractivity contribution in [1.82, 2.24) is 15.3 Å². The molecule has 1 fully saturated rings. The average Bonchev–Trinajstić information content (AvgIpc) is 2.26. The maximum Gasteiger partial charge on any atom is 0.237 e. The van der Waals surface area contributed by atoms with Gasteiger partial charge in [-0.25, -0.2) is 5.01 Å². The lowest BCUT2D eigenvalue weighted by Gasteiger charge is -2.19. The van der Waals surface area contributed by atoms with Crippen molar-refractivity contribution in [2.45, 2.75) is 6.42 Å². The van der Waals surface area contributed by atoms with Crippen molar-refractivity contribution in [2.75, 3.05) is 39.8 Å². The molecule has 13 heavy (non-hydrogen) atoms. The summed E-state index contributed by atoms with van der Waals surface area (Å²) >= 11 is 0. The molecule has 0 saturated carbocycles. The van der Waals surface area contributed by atoms with Gasteiger partial charge in [-0.05, 0) is 6.42 Å². The number of likely N-dealkylation sites (N-methyl/N-ethyl adjacent to an activating group) is 1. The number of aliphatic hydroxyl groups excluding tert-OH is 1. The van der Waals surface area contributed by atoms with E-state index in [2.05, 4.69) is 5.43 Å². The quantitative estimate of drug-likeness (QED) is 0.573. The summed E-state index contributed by atoms with van der Waals surface area (Å²) in [7, 11) is 1.82. The van der Waals surface area contributed by atoms with Crippen LogP contribution in [0, 0.1) is 0 Å². The van der Waals surface area contributed by atoms with E-state index in [1.807, 2.05) is 12.1 Å². The fourth-order valence-electron chi connectivity index (χ4n) is 1.33. The summed E-state index contributed by atoms with van der Waals surface area (Å²) in [6, 6.07) is 0. The third kappa shape index (κ3) is 3.30. The lowest BCUT2D eigenvalue weighted by molar-refractivity contribution is -0.130. The van der Waals surface area contributed by atoms with Gasteiger partial charge < -0.3 is 10.0 Å². The van der Waals surface area contributed by atoms with Crippen LogP contribution in [0.5, 0.6) is 0 Å². The highest BCUT2D eigenvalue weighted by Gasteiger charge is 2.17. The molecule has 5 nitrogen and oxygen atoms in total. The zero-order valence-corrected chi connectivity index (χ0v) is 7.99. The van der Waals surface area contributed by atoms with E-state index in [1.54, 1.807) is 4.90 Å². The first-order chi connectivity index (χ1) is 6.24. The van der Waals surface area contributed by atoms with Crippen molar-refractivity contribution in [3.63, 3.8) is 0 Å². The number of rotatable bonds is 3. The summed E-state index contributed by atoms with van der Waals surface area (Å²) in [5, 5.41) is 10.5. The van der Waals surface area contributed by atoms with Gasteiger partial charge in [-0.3, -0.25) is 10.2 Å². The first kappa shape index (κ1) is 10.4. The Kier molecular flexibility index (Phi) is 4.14. The molecule has 1 rings (SSSR count). The molecule has 5 heteroatoms. The highest BCUT2D eigenvalue weighted by atomic mass is 16.3.